The second-order valence-corrected chi connectivity index (χ2v) is 5.15. The van der Waals surface area contributed by atoms with Crippen molar-refractivity contribution in [1.29, 1.82) is 5.26 Å². The van der Waals surface area contributed by atoms with Gasteiger partial charge in [-0.3, -0.25) is 4.79 Å². The Labute approximate surface area is 89.0 Å². The Morgan fingerprint density at radius 2 is 2.13 bits per heavy atom. The number of hydrogen-bond donors (Lipinski definition) is 2. The van der Waals surface area contributed by atoms with E-state index in [-0.39, 0.29) is 13.0 Å². The molecule has 15 heavy (non-hydrogen) atoms. The summed E-state index contributed by atoms with van der Waals surface area (Å²) in [5.41, 5.74) is 0. The van der Waals surface area contributed by atoms with Crippen molar-refractivity contribution in [1.82, 2.24) is 4.72 Å². The standard InChI is InChI=1S/C8H14N2O4S/c1-7(6-9)15(13,14)10-5-3-2-4-8(11)12/h7,10H,2-5H2,1H3,(H,11,12). The molecule has 6 nitrogen and oxygen atoms in total. The van der Waals surface area contributed by atoms with Gasteiger partial charge in [-0.1, -0.05) is 0 Å². The second kappa shape index (κ2) is 6.37. The quantitative estimate of drug-likeness (QED) is 0.606. The summed E-state index contributed by atoms with van der Waals surface area (Å²) >= 11 is 0. The molecule has 0 amide bonds. The van der Waals surface area contributed by atoms with E-state index in [9.17, 15) is 13.2 Å². The van der Waals surface area contributed by atoms with Crippen LogP contribution in [0.3, 0.4) is 0 Å². The third kappa shape index (κ3) is 6.04. The predicted molar refractivity (Wildman–Crippen MR) is 53.5 cm³/mol. The van der Waals surface area contributed by atoms with Crippen LogP contribution < -0.4 is 4.72 Å². The summed E-state index contributed by atoms with van der Waals surface area (Å²) in [5, 5.41) is 15.6. The second-order valence-electron chi connectivity index (χ2n) is 3.06. The molecule has 0 rings (SSSR count). The highest BCUT2D eigenvalue weighted by Gasteiger charge is 2.18. The number of aliphatic carboxylic acids is 1. The number of nitrogens with one attached hydrogen (secondary N) is 1. The molecule has 0 spiro atoms. The van der Waals surface area contributed by atoms with Gasteiger partial charge in [0, 0.05) is 13.0 Å². The van der Waals surface area contributed by atoms with Gasteiger partial charge in [0.2, 0.25) is 10.0 Å². The summed E-state index contributed by atoms with van der Waals surface area (Å²) in [7, 11) is -3.57. The Balaban J connectivity index is 3.78. The van der Waals surface area contributed by atoms with E-state index in [1.54, 1.807) is 6.07 Å². The number of hydrogen-bond acceptors (Lipinski definition) is 4. The number of rotatable bonds is 7. The topological polar surface area (TPSA) is 107 Å². The zero-order chi connectivity index (χ0) is 11.9. The van der Waals surface area contributed by atoms with Gasteiger partial charge in [-0.15, -0.1) is 0 Å². The van der Waals surface area contributed by atoms with Crippen LogP contribution in [0.1, 0.15) is 26.2 Å². The Morgan fingerprint density at radius 1 is 1.53 bits per heavy atom. The van der Waals surface area contributed by atoms with Crippen LogP contribution in [0.25, 0.3) is 0 Å². The number of nitrogens with zero attached hydrogens (tertiary/aromatic N) is 1. The van der Waals surface area contributed by atoms with Gasteiger partial charge in [-0.2, -0.15) is 5.26 Å². The molecule has 1 atom stereocenters. The Kier molecular flexibility index (Phi) is 5.89. The fraction of sp³-hybridized carbons (Fsp3) is 0.750. The first-order chi connectivity index (χ1) is 6.90. The third-order valence-corrected chi connectivity index (χ3v) is 3.41. The Bertz CT molecular complexity index is 344. The lowest BCUT2D eigenvalue weighted by Gasteiger charge is -2.06. The van der Waals surface area contributed by atoms with E-state index in [1.807, 2.05) is 0 Å². The van der Waals surface area contributed by atoms with Gasteiger partial charge in [0.25, 0.3) is 0 Å². The van der Waals surface area contributed by atoms with E-state index in [0.29, 0.717) is 12.8 Å². The van der Waals surface area contributed by atoms with E-state index in [2.05, 4.69) is 4.72 Å². The van der Waals surface area contributed by atoms with Crippen LogP contribution in [0.4, 0.5) is 0 Å². The smallest absolute Gasteiger partial charge is 0.303 e. The van der Waals surface area contributed by atoms with Gasteiger partial charge in [-0.05, 0) is 19.8 Å². The molecule has 2 N–H and O–H groups in total. The zero-order valence-electron chi connectivity index (χ0n) is 8.43. The maximum atomic E-state index is 11.2. The number of carboxylic acid groups (broad SMARTS) is 1. The lowest BCUT2D eigenvalue weighted by Crippen LogP contribution is -2.32. The molecule has 0 bridgehead atoms. The zero-order valence-corrected chi connectivity index (χ0v) is 9.25. The van der Waals surface area contributed by atoms with Crippen molar-refractivity contribution >= 4 is 16.0 Å². The first-order valence-electron chi connectivity index (χ1n) is 4.50. The van der Waals surface area contributed by atoms with Crippen LogP contribution in [0, 0.1) is 11.3 Å². The number of carbonyl (C=O) groups is 1. The molecule has 0 radical (unpaired) electrons. The lowest BCUT2D eigenvalue weighted by atomic mass is 10.2. The molecule has 0 saturated heterocycles. The van der Waals surface area contributed by atoms with Gasteiger partial charge >= 0.3 is 5.97 Å². The van der Waals surface area contributed by atoms with Crippen molar-refractivity contribution in [2.24, 2.45) is 0 Å². The van der Waals surface area contributed by atoms with Crippen LogP contribution in [0.2, 0.25) is 0 Å². The summed E-state index contributed by atoms with van der Waals surface area (Å²) in [6.45, 7) is 1.46. The molecule has 0 aromatic rings. The molecule has 0 aromatic carbocycles. The van der Waals surface area contributed by atoms with Gasteiger partial charge in [0.05, 0.1) is 6.07 Å². The van der Waals surface area contributed by atoms with Crippen molar-refractivity contribution in [3.8, 4) is 6.07 Å². The van der Waals surface area contributed by atoms with Crippen molar-refractivity contribution < 1.29 is 18.3 Å². The fourth-order valence-corrected chi connectivity index (χ4v) is 1.63. The van der Waals surface area contributed by atoms with E-state index in [4.69, 9.17) is 10.4 Å². The third-order valence-electron chi connectivity index (χ3n) is 1.77. The molecule has 0 heterocycles. The van der Waals surface area contributed by atoms with Crippen molar-refractivity contribution in [2.45, 2.75) is 31.4 Å². The first-order valence-corrected chi connectivity index (χ1v) is 6.04. The average Bonchev–Trinajstić information content (AvgIpc) is 2.15. The number of sulfonamides is 1. The molecular weight excluding hydrogens is 220 g/mol. The minimum absolute atomic E-state index is 0.0233. The number of unbranched alkanes of at least 4 members (excludes halogenated alkanes) is 1. The minimum atomic E-state index is -3.57. The normalized spacial score (nSPS) is 13.1. The summed E-state index contributed by atoms with van der Waals surface area (Å²) < 4.78 is 24.7. The molecule has 7 heteroatoms. The molecule has 0 saturated carbocycles. The summed E-state index contributed by atoms with van der Waals surface area (Å²) in [6, 6.07) is 1.62. The fourth-order valence-electron chi connectivity index (χ4n) is 0.810. The number of carboxylic acids is 1. The molecule has 0 aliphatic rings. The average molecular weight is 234 g/mol. The van der Waals surface area contributed by atoms with Gasteiger partial charge < -0.3 is 5.11 Å². The largest absolute Gasteiger partial charge is 0.481 e. The van der Waals surface area contributed by atoms with Gasteiger partial charge in [0.15, 0.2) is 5.25 Å². The van der Waals surface area contributed by atoms with Gasteiger partial charge in [0.1, 0.15) is 0 Å². The van der Waals surface area contributed by atoms with Crippen LogP contribution in [-0.4, -0.2) is 31.3 Å². The van der Waals surface area contributed by atoms with Gasteiger partial charge in [-0.25, -0.2) is 13.1 Å². The number of nitriles is 1. The van der Waals surface area contributed by atoms with Crippen molar-refractivity contribution in [3.05, 3.63) is 0 Å². The summed E-state index contributed by atoms with van der Waals surface area (Å²) in [4.78, 5) is 10.1. The van der Waals surface area contributed by atoms with E-state index in [1.165, 1.54) is 6.92 Å². The van der Waals surface area contributed by atoms with E-state index in [0.717, 1.165) is 0 Å². The monoisotopic (exact) mass is 234 g/mol. The van der Waals surface area contributed by atoms with E-state index < -0.39 is 21.2 Å². The highest BCUT2D eigenvalue weighted by molar-refractivity contribution is 7.90. The van der Waals surface area contributed by atoms with Crippen molar-refractivity contribution in [2.75, 3.05) is 6.54 Å². The molecule has 0 aliphatic heterocycles. The van der Waals surface area contributed by atoms with Crippen LogP contribution in [0.15, 0.2) is 0 Å². The predicted octanol–water partition coefficient (Wildman–Crippen LogP) is 0.0728. The van der Waals surface area contributed by atoms with Crippen molar-refractivity contribution in [3.63, 3.8) is 0 Å². The minimum Gasteiger partial charge on any atom is -0.481 e. The highest BCUT2D eigenvalue weighted by atomic mass is 32.2. The van der Waals surface area contributed by atoms with Crippen LogP contribution in [-0.2, 0) is 14.8 Å². The molecule has 1 unspecified atom stereocenters. The van der Waals surface area contributed by atoms with Crippen LogP contribution in [0.5, 0.6) is 0 Å². The first kappa shape index (κ1) is 13.9. The summed E-state index contributed by atoms with van der Waals surface area (Å²) in [5.74, 6) is -0.900. The van der Waals surface area contributed by atoms with Crippen LogP contribution >= 0.6 is 0 Å². The SMILES string of the molecule is CC(C#N)S(=O)(=O)NCCCCC(=O)O. The lowest BCUT2D eigenvalue weighted by molar-refractivity contribution is -0.137. The summed E-state index contributed by atoms with van der Waals surface area (Å²) in [6.07, 6.45) is 0.887. The Morgan fingerprint density at radius 3 is 2.60 bits per heavy atom. The highest BCUT2D eigenvalue weighted by Crippen LogP contribution is 1.98. The molecule has 86 valence electrons. The molecule has 0 aromatic heterocycles. The van der Waals surface area contributed by atoms with E-state index >= 15 is 0 Å². The maximum absolute atomic E-state index is 11.2. The molecular formula is C8H14N2O4S. The maximum Gasteiger partial charge on any atom is 0.303 e. The molecule has 0 fully saturated rings. The Hall–Kier alpha value is -1.13. The molecule has 0 aliphatic carbocycles.